The van der Waals surface area contributed by atoms with Gasteiger partial charge in [-0.15, -0.1) is 0 Å². The maximum atomic E-state index is 5.25. The molecule has 2 nitrogen and oxygen atoms in total. The van der Waals surface area contributed by atoms with Crippen LogP contribution in [0.5, 0.6) is 0 Å². The number of hydrogen-bond donors (Lipinski definition) is 0. The Morgan fingerprint density at radius 1 is 1.21 bits per heavy atom. The van der Waals surface area contributed by atoms with Gasteiger partial charge in [0.2, 0.25) is 0 Å². The van der Waals surface area contributed by atoms with Crippen molar-refractivity contribution < 1.29 is 9.47 Å². The molecule has 0 bridgehead atoms. The molecule has 1 aliphatic heterocycles. The summed E-state index contributed by atoms with van der Waals surface area (Å²) in [5, 5.41) is 0.844. The van der Waals surface area contributed by atoms with Gasteiger partial charge in [0.1, 0.15) is 12.5 Å². The summed E-state index contributed by atoms with van der Waals surface area (Å²) < 4.78 is 11.5. The lowest BCUT2D eigenvalue weighted by molar-refractivity contribution is -0.0251. The standard InChI is InChI=1S/C10H8Br2O2/c11-6-7-1-2-8(9(12)5-7)10-13-3-4-14-10/h1-5,10H,6H2. The van der Waals surface area contributed by atoms with Crippen molar-refractivity contribution in [3.63, 3.8) is 0 Å². The Morgan fingerprint density at radius 2 is 1.93 bits per heavy atom. The number of benzene rings is 1. The topological polar surface area (TPSA) is 18.5 Å². The average Bonchev–Trinajstić information content (AvgIpc) is 2.70. The van der Waals surface area contributed by atoms with Gasteiger partial charge in [0, 0.05) is 15.4 Å². The number of halogens is 2. The van der Waals surface area contributed by atoms with Crippen LogP contribution in [0.25, 0.3) is 0 Å². The van der Waals surface area contributed by atoms with Crippen LogP contribution in [0.1, 0.15) is 17.4 Å². The highest BCUT2D eigenvalue weighted by molar-refractivity contribution is 9.10. The third kappa shape index (κ3) is 1.96. The largest absolute Gasteiger partial charge is 0.455 e. The van der Waals surface area contributed by atoms with Crippen molar-refractivity contribution in [2.24, 2.45) is 0 Å². The molecule has 0 N–H and O–H groups in total. The van der Waals surface area contributed by atoms with Gasteiger partial charge in [0.25, 0.3) is 6.29 Å². The summed E-state index contributed by atoms with van der Waals surface area (Å²) in [6, 6.07) is 6.09. The van der Waals surface area contributed by atoms with E-state index in [0.29, 0.717) is 0 Å². The Bertz CT molecular complexity index is 355. The van der Waals surface area contributed by atoms with Crippen LogP contribution in [0, 0.1) is 0 Å². The fourth-order valence-electron chi connectivity index (χ4n) is 1.23. The zero-order chi connectivity index (χ0) is 9.97. The number of ether oxygens (including phenoxy) is 2. The zero-order valence-corrected chi connectivity index (χ0v) is 10.4. The van der Waals surface area contributed by atoms with E-state index in [4.69, 9.17) is 9.47 Å². The molecule has 0 spiro atoms. The molecule has 0 atom stereocenters. The second-order valence-electron chi connectivity index (χ2n) is 2.87. The van der Waals surface area contributed by atoms with Crippen molar-refractivity contribution in [2.45, 2.75) is 11.6 Å². The Hall–Kier alpha value is -0.480. The molecule has 0 unspecified atom stereocenters. The van der Waals surface area contributed by atoms with Crippen molar-refractivity contribution in [3.8, 4) is 0 Å². The summed E-state index contributed by atoms with van der Waals surface area (Å²) in [5.74, 6) is 0. The quantitative estimate of drug-likeness (QED) is 0.771. The lowest BCUT2D eigenvalue weighted by atomic mass is 10.1. The molecule has 2 rings (SSSR count). The van der Waals surface area contributed by atoms with E-state index in [1.807, 2.05) is 12.1 Å². The van der Waals surface area contributed by atoms with Gasteiger partial charge in [0.15, 0.2) is 0 Å². The maximum Gasteiger partial charge on any atom is 0.267 e. The van der Waals surface area contributed by atoms with Gasteiger partial charge in [-0.25, -0.2) is 0 Å². The monoisotopic (exact) mass is 318 g/mol. The highest BCUT2D eigenvalue weighted by Gasteiger charge is 2.18. The van der Waals surface area contributed by atoms with Crippen molar-refractivity contribution in [1.29, 1.82) is 0 Å². The molecule has 0 radical (unpaired) electrons. The molecule has 4 heteroatoms. The van der Waals surface area contributed by atoms with Crippen LogP contribution < -0.4 is 0 Å². The van der Waals surface area contributed by atoms with Gasteiger partial charge < -0.3 is 9.47 Å². The van der Waals surface area contributed by atoms with E-state index in [-0.39, 0.29) is 6.29 Å². The van der Waals surface area contributed by atoms with Gasteiger partial charge in [-0.3, -0.25) is 0 Å². The third-order valence-electron chi connectivity index (χ3n) is 1.93. The van der Waals surface area contributed by atoms with Crippen LogP contribution in [-0.4, -0.2) is 0 Å². The highest BCUT2D eigenvalue weighted by Crippen LogP contribution is 2.31. The average molecular weight is 320 g/mol. The van der Waals surface area contributed by atoms with Gasteiger partial charge >= 0.3 is 0 Å². The van der Waals surface area contributed by atoms with Crippen LogP contribution in [-0.2, 0) is 14.8 Å². The van der Waals surface area contributed by atoms with Crippen LogP contribution in [0.3, 0.4) is 0 Å². The van der Waals surface area contributed by atoms with Crippen LogP contribution in [0.15, 0.2) is 35.2 Å². The van der Waals surface area contributed by atoms with Crippen molar-refractivity contribution in [3.05, 3.63) is 46.3 Å². The first kappa shape index (κ1) is 10.1. The molecule has 0 saturated heterocycles. The lowest BCUT2D eigenvalue weighted by Gasteiger charge is -2.12. The summed E-state index contributed by atoms with van der Waals surface area (Å²) in [4.78, 5) is 0. The molecule has 74 valence electrons. The Balaban J connectivity index is 2.26. The van der Waals surface area contributed by atoms with Gasteiger partial charge in [0.05, 0.1) is 0 Å². The SMILES string of the molecule is BrCc1ccc(C2OC=CO2)c(Br)c1. The zero-order valence-electron chi connectivity index (χ0n) is 7.24. The molecule has 0 aromatic heterocycles. The second kappa shape index (κ2) is 4.36. The minimum atomic E-state index is -0.311. The molecule has 0 fully saturated rings. The second-order valence-corrected chi connectivity index (χ2v) is 4.28. The molecular weight excluding hydrogens is 312 g/mol. The van der Waals surface area contributed by atoms with E-state index in [2.05, 4.69) is 37.9 Å². The minimum absolute atomic E-state index is 0.311. The third-order valence-corrected chi connectivity index (χ3v) is 3.27. The van der Waals surface area contributed by atoms with E-state index >= 15 is 0 Å². The lowest BCUT2D eigenvalue weighted by Crippen LogP contribution is -1.99. The van der Waals surface area contributed by atoms with Crippen LogP contribution in [0.2, 0.25) is 0 Å². The summed E-state index contributed by atoms with van der Waals surface area (Å²) >= 11 is 6.89. The Morgan fingerprint density at radius 3 is 2.50 bits per heavy atom. The van der Waals surface area contributed by atoms with Gasteiger partial charge in [-0.2, -0.15) is 0 Å². The first-order valence-corrected chi connectivity index (χ1v) is 6.03. The molecule has 0 aliphatic carbocycles. The van der Waals surface area contributed by atoms with Gasteiger partial charge in [-0.05, 0) is 11.6 Å². The smallest absolute Gasteiger partial charge is 0.267 e. The Kier molecular flexibility index (Phi) is 3.13. The Labute approximate surface area is 99.2 Å². The highest BCUT2D eigenvalue weighted by atomic mass is 79.9. The number of hydrogen-bond acceptors (Lipinski definition) is 2. The fourth-order valence-corrected chi connectivity index (χ4v) is 2.19. The molecular formula is C10H8Br2O2. The molecule has 1 aromatic carbocycles. The molecule has 14 heavy (non-hydrogen) atoms. The van der Waals surface area contributed by atoms with E-state index in [9.17, 15) is 0 Å². The van der Waals surface area contributed by atoms with E-state index in [1.165, 1.54) is 5.56 Å². The maximum absolute atomic E-state index is 5.25. The van der Waals surface area contributed by atoms with Gasteiger partial charge in [-0.1, -0.05) is 44.0 Å². The molecule has 1 aromatic rings. The predicted octanol–water partition coefficient (Wildman–Crippen LogP) is 3.86. The van der Waals surface area contributed by atoms with E-state index < -0.39 is 0 Å². The molecule has 1 heterocycles. The van der Waals surface area contributed by atoms with Crippen molar-refractivity contribution in [1.82, 2.24) is 0 Å². The van der Waals surface area contributed by atoms with E-state index in [0.717, 1.165) is 15.4 Å². The first-order valence-electron chi connectivity index (χ1n) is 4.11. The normalized spacial score (nSPS) is 15.3. The molecule has 1 aliphatic rings. The summed E-state index contributed by atoms with van der Waals surface area (Å²) in [6.45, 7) is 0. The van der Waals surface area contributed by atoms with Crippen LogP contribution >= 0.6 is 31.9 Å². The predicted molar refractivity (Wildman–Crippen MR) is 60.8 cm³/mol. The minimum Gasteiger partial charge on any atom is -0.455 e. The molecule has 0 saturated carbocycles. The number of alkyl halides is 1. The van der Waals surface area contributed by atoms with E-state index in [1.54, 1.807) is 12.5 Å². The first-order chi connectivity index (χ1) is 6.81. The van der Waals surface area contributed by atoms with Crippen molar-refractivity contribution >= 4 is 31.9 Å². The number of rotatable bonds is 2. The van der Waals surface area contributed by atoms with Crippen LogP contribution in [0.4, 0.5) is 0 Å². The fraction of sp³-hybridized carbons (Fsp3) is 0.200. The summed E-state index contributed by atoms with van der Waals surface area (Å²) in [6.07, 6.45) is 2.79. The summed E-state index contributed by atoms with van der Waals surface area (Å²) in [5.41, 5.74) is 2.21. The summed E-state index contributed by atoms with van der Waals surface area (Å²) in [7, 11) is 0. The van der Waals surface area contributed by atoms with Crippen molar-refractivity contribution in [2.75, 3.05) is 0 Å². The molecule has 0 amide bonds.